The van der Waals surface area contributed by atoms with E-state index in [2.05, 4.69) is 10.3 Å². The zero-order valence-corrected chi connectivity index (χ0v) is 16.9. The Kier molecular flexibility index (Phi) is 6.89. The minimum absolute atomic E-state index is 0.210. The average molecular weight is 443 g/mol. The average Bonchev–Trinajstić information content (AvgIpc) is 3.23. The van der Waals surface area contributed by atoms with E-state index < -0.39 is 36.2 Å². The number of hydrogen-bond donors (Lipinski definition) is 1. The Morgan fingerprint density at radius 1 is 1.19 bits per heavy atom. The number of carbonyl (C=O) groups excluding carboxylic acids is 2. The lowest BCUT2D eigenvalue weighted by molar-refractivity contribution is -0.155. The molecule has 3 rings (SSSR count). The van der Waals surface area contributed by atoms with Crippen LogP contribution in [0.2, 0.25) is 0 Å². The van der Waals surface area contributed by atoms with E-state index in [0.717, 1.165) is 23.5 Å². The minimum Gasteiger partial charge on any atom is -0.482 e. The predicted octanol–water partition coefficient (Wildman–Crippen LogP) is 3.91. The van der Waals surface area contributed by atoms with Crippen LogP contribution in [0.3, 0.4) is 0 Å². The second-order valence-corrected chi connectivity index (χ2v) is 7.07. The summed E-state index contributed by atoms with van der Waals surface area (Å²) in [4.78, 5) is 28.3. The fourth-order valence-electron chi connectivity index (χ4n) is 2.38. The normalized spacial score (nSPS) is 11.3. The van der Waals surface area contributed by atoms with Gasteiger partial charge in [-0.1, -0.05) is 0 Å². The van der Waals surface area contributed by atoms with E-state index in [1.807, 2.05) is 6.07 Å². The highest BCUT2D eigenvalue weighted by Crippen LogP contribution is 2.26. The summed E-state index contributed by atoms with van der Waals surface area (Å²) >= 11 is 1.08. The first kappa shape index (κ1) is 21.9. The molecule has 31 heavy (non-hydrogen) atoms. The molecule has 3 aromatic rings. The predicted molar refractivity (Wildman–Crippen MR) is 108 cm³/mol. The summed E-state index contributed by atoms with van der Waals surface area (Å²) in [5.41, 5.74) is 1.17. The highest BCUT2D eigenvalue weighted by Gasteiger charge is 2.20. The fourth-order valence-corrected chi connectivity index (χ4v) is 3.10. The number of carbonyl (C=O) groups is 2. The van der Waals surface area contributed by atoms with Crippen molar-refractivity contribution in [3.63, 3.8) is 0 Å². The SMILES string of the molecule is C[C@@H](OC(=O)COc1ccc(C#N)cc1)C(=O)Nc1nc(-c2ccc(F)c(F)c2)cs1. The Balaban J connectivity index is 1.50. The van der Waals surface area contributed by atoms with E-state index >= 15 is 0 Å². The maximum Gasteiger partial charge on any atom is 0.344 e. The van der Waals surface area contributed by atoms with Gasteiger partial charge in [0.2, 0.25) is 0 Å². The van der Waals surface area contributed by atoms with Crippen LogP contribution in [0.15, 0.2) is 47.8 Å². The number of hydrogen-bond acceptors (Lipinski definition) is 7. The Morgan fingerprint density at radius 2 is 1.94 bits per heavy atom. The standard InChI is InChI=1S/C21H15F2N3O4S/c1-12(30-19(27)10-29-15-5-2-13(9-24)3-6-15)20(28)26-21-25-18(11-31-21)14-4-7-16(22)17(23)8-14/h2-8,11-12H,10H2,1H3,(H,25,26,28)/t12-/m1/s1. The number of ether oxygens (including phenoxy) is 2. The number of aromatic nitrogens is 1. The zero-order chi connectivity index (χ0) is 22.4. The smallest absolute Gasteiger partial charge is 0.344 e. The van der Waals surface area contributed by atoms with Gasteiger partial charge in [0.15, 0.2) is 29.5 Å². The Bertz CT molecular complexity index is 1140. The van der Waals surface area contributed by atoms with Crippen LogP contribution < -0.4 is 10.1 Å². The molecule has 1 atom stereocenters. The molecule has 1 heterocycles. The maximum absolute atomic E-state index is 13.4. The molecule has 0 unspecified atom stereocenters. The van der Waals surface area contributed by atoms with Crippen LogP contribution in [0.1, 0.15) is 12.5 Å². The van der Waals surface area contributed by atoms with Crippen molar-refractivity contribution < 1.29 is 27.8 Å². The highest BCUT2D eigenvalue weighted by molar-refractivity contribution is 7.14. The molecular formula is C21H15F2N3O4S. The fraction of sp³-hybridized carbons (Fsp3) is 0.143. The number of anilines is 1. The molecule has 0 aliphatic heterocycles. The number of halogens is 2. The van der Waals surface area contributed by atoms with Crippen LogP contribution >= 0.6 is 11.3 Å². The van der Waals surface area contributed by atoms with E-state index in [1.165, 1.54) is 25.1 Å². The lowest BCUT2D eigenvalue weighted by atomic mass is 10.2. The van der Waals surface area contributed by atoms with E-state index in [0.29, 0.717) is 22.6 Å². The Morgan fingerprint density at radius 3 is 2.61 bits per heavy atom. The quantitative estimate of drug-likeness (QED) is 0.556. The molecular weight excluding hydrogens is 428 g/mol. The van der Waals surface area contributed by atoms with Crippen molar-refractivity contribution in [3.05, 3.63) is 65.0 Å². The van der Waals surface area contributed by atoms with E-state index in [4.69, 9.17) is 14.7 Å². The molecule has 158 valence electrons. The van der Waals surface area contributed by atoms with Crippen LogP contribution in [0, 0.1) is 23.0 Å². The second-order valence-electron chi connectivity index (χ2n) is 6.21. The number of rotatable bonds is 7. The van der Waals surface area contributed by atoms with Gasteiger partial charge >= 0.3 is 5.97 Å². The van der Waals surface area contributed by atoms with Gasteiger partial charge < -0.3 is 9.47 Å². The molecule has 0 radical (unpaired) electrons. The molecule has 0 bridgehead atoms. The zero-order valence-electron chi connectivity index (χ0n) is 16.1. The van der Waals surface area contributed by atoms with Gasteiger partial charge in [-0.05, 0) is 49.4 Å². The Hall–Kier alpha value is -3.84. The molecule has 1 aromatic heterocycles. The largest absolute Gasteiger partial charge is 0.482 e. The molecule has 0 saturated carbocycles. The summed E-state index contributed by atoms with van der Waals surface area (Å²) in [6.45, 7) is 0.972. The third-order valence-electron chi connectivity index (χ3n) is 3.97. The van der Waals surface area contributed by atoms with Gasteiger partial charge in [0.05, 0.1) is 17.3 Å². The van der Waals surface area contributed by atoms with Gasteiger partial charge in [-0.2, -0.15) is 5.26 Å². The van der Waals surface area contributed by atoms with Crippen molar-refractivity contribution in [3.8, 4) is 23.1 Å². The molecule has 7 nitrogen and oxygen atoms in total. The number of esters is 1. The first-order valence-corrected chi connectivity index (χ1v) is 9.78. The van der Waals surface area contributed by atoms with Crippen LogP contribution in [-0.2, 0) is 14.3 Å². The summed E-state index contributed by atoms with van der Waals surface area (Å²) in [7, 11) is 0. The maximum atomic E-state index is 13.4. The summed E-state index contributed by atoms with van der Waals surface area (Å²) in [6, 6.07) is 11.5. The van der Waals surface area contributed by atoms with Gasteiger partial charge in [0.1, 0.15) is 5.75 Å². The van der Waals surface area contributed by atoms with Gasteiger partial charge in [0.25, 0.3) is 5.91 Å². The molecule has 0 spiro atoms. The molecule has 0 fully saturated rings. The third kappa shape index (κ3) is 5.83. The Labute approximate surface area is 179 Å². The van der Waals surface area contributed by atoms with Gasteiger partial charge in [0, 0.05) is 10.9 Å². The van der Waals surface area contributed by atoms with Crippen LogP contribution in [-0.4, -0.2) is 29.6 Å². The highest BCUT2D eigenvalue weighted by atomic mass is 32.1. The van der Waals surface area contributed by atoms with E-state index in [9.17, 15) is 18.4 Å². The van der Waals surface area contributed by atoms with Crippen LogP contribution in [0.5, 0.6) is 5.75 Å². The van der Waals surface area contributed by atoms with Crippen molar-refractivity contribution in [2.24, 2.45) is 0 Å². The second kappa shape index (κ2) is 9.77. The first-order valence-electron chi connectivity index (χ1n) is 8.90. The number of amides is 1. The van der Waals surface area contributed by atoms with Gasteiger partial charge in [-0.25, -0.2) is 18.6 Å². The van der Waals surface area contributed by atoms with Crippen molar-refractivity contribution in [2.45, 2.75) is 13.0 Å². The number of thiazole rings is 1. The molecule has 2 aromatic carbocycles. The number of benzene rings is 2. The van der Waals surface area contributed by atoms with Crippen molar-refractivity contribution in [1.29, 1.82) is 5.26 Å². The molecule has 0 saturated heterocycles. The minimum atomic E-state index is -1.12. The summed E-state index contributed by atoms with van der Waals surface area (Å²) in [5, 5.41) is 13.0. The number of nitrogens with zero attached hydrogens (tertiary/aromatic N) is 2. The van der Waals surface area contributed by atoms with Gasteiger partial charge in [-0.3, -0.25) is 10.1 Å². The number of nitriles is 1. The third-order valence-corrected chi connectivity index (χ3v) is 4.72. The van der Waals surface area contributed by atoms with E-state index in [-0.39, 0.29) is 5.13 Å². The summed E-state index contributed by atoms with van der Waals surface area (Å²) < 4.78 is 36.7. The van der Waals surface area contributed by atoms with Crippen molar-refractivity contribution in [2.75, 3.05) is 11.9 Å². The number of nitrogens with one attached hydrogen (secondary N) is 1. The molecule has 1 N–H and O–H groups in total. The summed E-state index contributed by atoms with van der Waals surface area (Å²) in [6.07, 6.45) is -1.12. The molecule has 1 amide bonds. The molecule has 0 aliphatic carbocycles. The lowest BCUT2D eigenvalue weighted by Gasteiger charge is -2.12. The lowest BCUT2D eigenvalue weighted by Crippen LogP contribution is -2.31. The van der Waals surface area contributed by atoms with Gasteiger partial charge in [-0.15, -0.1) is 11.3 Å². The first-order chi connectivity index (χ1) is 14.9. The monoisotopic (exact) mass is 443 g/mol. The molecule has 10 heteroatoms. The van der Waals surface area contributed by atoms with Crippen molar-refractivity contribution >= 4 is 28.3 Å². The topological polar surface area (TPSA) is 101 Å². The van der Waals surface area contributed by atoms with E-state index in [1.54, 1.807) is 17.5 Å². The summed E-state index contributed by atoms with van der Waals surface area (Å²) in [5.74, 6) is -2.96. The van der Waals surface area contributed by atoms with Crippen LogP contribution in [0.4, 0.5) is 13.9 Å². The molecule has 0 aliphatic rings. The van der Waals surface area contributed by atoms with Crippen LogP contribution in [0.25, 0.3) is 11.3 Å². The van der Waals surface area contributed by atoms with Crippen molar-refractivity contribution in [1.82, 2.24) is 4.98 Å².